The molecular formula is C9H16FN. The van der Waals surface area contributed by atoms with Crippen LogP contribution < -0.4 is 0 Å². The molecule has 1 aliphatic heterocycles. The molecule has 0 N–H and O–H groups in total. The summed E-state index contributed by atoms with van der Waals surface area (Å²) in [6.07, 6.45) is 2.83. The van der Waals surface area contributed by atoms with Gasteiger partial charge in [-0.3, -0.25) is 4.90 Å². The van der Waals surface area contributed by atoms with Gasteiger partial charge in [-0.25, -0.2) is 4.39 Å². The molecule has 2 aliphatic rings. The fraction of sp³-hybridized carbons (Fsp3) is 1.00. The second-order valence-electron chi connectivity index (χ2n) is 4.11. The van der Waals surface area contributed by atoms with Gasteiger partial charge in [0.05, 0.1) is 0 Å². The van der Waals surface area contributed by atoms with Crippen molar-refractivity contribution in [3.05, 3.63) is 0 Å². The molecule has 11 heavy (non-hydrogen) atoms. The highest BCUT2D eigenvalue weighted by Crippen LogP contribution is 2.33. The van der Waals surface area contributed by atoms with Gasteiger partial charge in [-0.05, 0) is 25.2 Å². The van der Waals surface area contributed by atoms with Gasteiger partial charge in [0, 0.05) is 19.1 Å². The Hall–Kier alpha value is -0.110. The highest BCUT2D eigenvalue weighted by Gasteiger charge is 2.34. The Kier molecular flexibility index (Phi) is 1.88. The van der Waals surface area contributed by atoms with Crippen molar-refractivity contribution in [2.45, 2.75) is 38.4 Å². The van der Waals surface area contributed by atoms with E-state index in [0.717, 1.165) is 24.9 Å². The van der Waals surface area contributed by atoms with Crippen molar-refractivity contribution in [2.75, 3.05) is 13.1 Å². The summed E-state index contributed by atoms with van der Waals surface area (Å²) in [5, 5.41) is 0. The minimum Gasteiger partial charge on any atom is -0.297 e. The van der Waals surface area contributed by atoms with Crippen molar-refractivity contribution in [3.63, 3.8) is 0 Å². The van der Waals surface area contributed by atoms with E-state index in [-0.39, 0.29) is 0 Å². The quantitative estimate of drug-likeness (QED) is 0.561. The number of alkyl halides is 1. The van der Waals surface area contributed by atoms with Crippen LogP contribution in [0.1, 0.15) is 26.2 Å². The maximum absolute atomic E-state index is 12.7. The average molecular weight is 157 g/mol. The van der Waals surface area contributed by atoms with E-state index < -0.39 is 6.17 Å². The number of rotatable bonds is 1. The van der Waals surface area contributed by atoms with Crippen molar-refractivity contribution >= 4 is 0 Å². The molecule has 0 aromatic carbocycles. The zero-order chi connectivity index (χ0) is 7.84. The number of hydrogen-bond acceptors (Lipinski definition) is 1. The monoisotopic (exact) mass is 157 g/mol. The van der Waals surface area contributed by atoms with Crippen molar-refractivity contribution in [1.29, 1.82) is 0 Å². The maximum atomic E-state index is 12.7. The van der Waals surface area contributed by atoms with Gasteiger partial charge in [0.2, 0.25) is 0 Å². The molecule has 2 heteroatoms. The first-order valence-corrected chi connectivity index (χ1v) is 4.64. The Morgan fingerprint density at radius 2 is 2.09 bits per heavy atom. The van der Waals surface area contributed by atoms with Crippen LogP contribution in [0.15, 0.2) is 0 Å². The summed E-state index contributed by atoms with van der Waals surface area (Å²) in [7, 11) is 0. The van der Waals surface area contributed by atoms with Gasteiger partial charge in [-0.2, -0.15) is 0 Å². The number of hydrogen-bond donors (Lipinski definition) is 0. The Labute approximate surface area is 67.6 Å². The van der Waals surface area contributed by atoms with Crippen LogP contribution in [0.25, 0.3) is 0 Å². The molecule has 0 amide bonds. The van der Waals surface area contributed by atoms with E-state index >= 15 is 0 Å². The lowest BCUT2D eigenvalue weighted by Gasteiger charge is -2.39. The van der Waals surface area contributed by atoms with Crippen LogP contribution in [0.3, 0.4) is 0 Å². The third kappa shape index (κ3) is 1.41. The first-order chi connectivity index (χ1) is 5.25. The van der Waals surface area contributed by atoms with E-state index in [4.69, 9.17) is 0 Å². The molecule has 1 heterocycles. The third-order valence-electron chi connectivity index (χ3n) is 3.03. The molecule has 0 unspecified atom stereocenters. The smallest absolute Gasteiger partial charge is 0.114 e. The van der Waals surface area contributed by atoms with Crippen LogP contribution in [0.4, 0.5) is 4.39 Å². The molecule has 64 valence electrons. The van der Waals surface area contributed by atoms with Gasteiger partial charge in [0.15, 0.2) is 0 Å². The van der Waals surface area contributed by atoms with Crippen molar-refractivity contribution in [3.8, 4) is 0 Å². The van der Waals surface area contributed by atoms with Gasteiger partial charge in [-0.1, -0.05) is 6.92 Å². The maximum Gasteiger partial charge on any atom is 0.114 e. The van der Waals surface area contributed by atoms with E-state index in [1.165, 1.54) is 12.8 Å². The standard InChI is InChI=1S/C9H16FN/c1-7-4-9(5-7)11-3-2-8(10)6-11/h7-9H,2-6H2,1H3/t7?,8-,9?/m0/s1. The summed E-state index contributed by atoms with van der Waals surface area (Å²) in [4.78, 5) is 2.32. The average Bonchev–Trinajstić information content (AvgIpc) is 2.29. The summed E-state index contributed by atoms with van der Waals surface area (Å²) >= 11 is 0. The van der Waals surface area contributed by atoms with E-state index in [2.05, 4.69) is 11.8 Å². The minimum atomic E-state index is -0.536. The normalized spacial score (nSPS) is 45.8. The van der Waals surface area contributed by atoms with E-state index in [0.29, 0.717) is 6.54 Å². The molecule has 1 atom stereocenters. The highest BCUT2D eigenvalue weighted by atomic mass is 19.1. The number of likely N-dealkylation sites (tertiary alicyclic amines) is 1. The van der Waals surface area contributed by atoms with Crippen LogP contribution in [-0.4, -0.2) is 30.2 Å². The topological polar surface area (TPSA) is 3.24 Å². The molecule has 1 saturated carbocycles. The summed E-state index contributed by atoms with van der Waals surface area (Å²) in [6, 6.07) is 0.728. The SMILES string of the molecule is CC1CC(N2CC[C@H](F)C2)C1. The summed E-state index contributed by atoms with van der Waals surface area (Å²) < 4.78 is 12.7. The predicted molar refractivity (Wildman–Crippen MR) is 43.3 cm³/mol. The molecule has 1 aliphatic carbocycles. The second-order valence-corrected chi connectivity index (χ2v) is 4.11. The molecule has 0 radical (unpaired) electrons. The van der Waals surface area contributed by atoms with Crippen molar-refractivity contribution < 1.29 is 4.39 Å². The van der Waals surface area contributed by atoms with Crippen LogP contribution in [0.2, 0.25) is 0 Å². The first-order valence-electron chi connectivity index (χ1n) is 4.64. The summed E-state index contributed by atoms with van der Waals surface area (Å²) in [5.74, 6) is 0.888. The van der Waals surface area contributed by atoms with E-state index in [1.807, 2.05) is 0 Å². The second kappa shape index (κ2) is 2.74. The fourth-order valence-corrected chi connectivity index (χ4v) is 2.23. The Morgan fingerprint density at radius 1 is 1.36 bits per heavy atom. The zero-order valence-electron chi connectivity index (χ0n) is 7.09. The Morgan fingerprint density at radius 3 is 2.55 bits per heavy atom. The zero-order valence-corrected chi connectivity index (χ0v) is 7.09. The van der Waals surface area contributed by atoms with Crippen LogP contribution >= 0.6 is 0 Å². The van der Waals surface area contributed by atoms with Gasteiger partial charge in [0.1, 0.15) is 6.17 Å². The molecular weight excluding hydrogens is 141 g/mol. The van der Waals surface area contributed by atoms with Crippen LogP contribution in [0, 0.1) is 5.92 Å². The molecule has 2 rings (SSSR count). The van der Waals surface area contributed by atoms with Gasteiger partial charge >= 0.3 is 0 Å². The van der Waals surface area contributed by atoms with Crippen LogP contribution in [-0.2, 0) is 0 Å². The van der Waals surface area contributed by atoms with Crippen molar-refractivity contribution in [2.24, 2.45) is 5.92 Å². The van der Waals surface area contributed by atoms with E-state index in [1.54, 1.807) is 0 Å². The van der Waals surface area contributed by atoms with Gasteiger partial charge in [0.25, 0.3) is 0 Å². The molecule has 0 spiro atoms. The third-order valence-corrected chi connectivity index (χ3v) is 3.03. The fourth-order valence-electron chi connectivity index (χ4n) is 2.23. The predicted octanol–water partition coefficient (Wildman–Crippen LogP) is 1.83. The Bertz CT molecular complexity index is 142. The van der Waals surface area contributed by atoms with Gasteiger partial charge in [-0.15, -0.1) is 0 Å². The summed E-state index contributed by atoms with van der Waals surface area (Å²) in [5.41, 5.74) is 0. The van der Waals surface area contributed by atoms with Gasteiger partial charge < -0.3 is 0 Å². The Balaban J connectivity index is 1.79. The van der Waals surface area contributed by atoms with Crippen LogP contribution in [0.5, 0.6) is 0 Å². The number of halogens is 1. The molecule has 2 fully saturated rings. The lowest BCUT2D eigenvalue weighted by molar-refractivity contribution is 0.103. The molecule has 1 saturated heterocycles. The molecule has 0 bridgehead atoms. The molecule has 0 aromatic rings. The summed E-state index contributed by atoms with van der Waals surface area (Å²) in [6.45, 7) is 3.98. The number of nitrogens with zero attached hydrogens (tertiary/aromatic N) is 1. The first kappa shape index (κ1) is 7.53. The van der Waals surface area contributed by atoms with E-state index in [9.17, 15) is 4.39 Å². The molecule has 1 nitrogen and oxygen atoms in total. The van der Waals surface area contributed by atoms with Crippen molar-refractivity contribution in [1.82, 2.24) is 4.90 Å². The largest absolute Gasteiger partial charge is 0.297 e. The lowest BCUT2D eigenvalue weighted by atomic mass is 9.81. The highest BCUT2D eigenvalue weighted by molar-refractivity contribution is 4.89. The molecule has 0 aromatic heterocycles. The lowest BCUT2D eigenvalue weighted by Crippen LogP contribution is -2.42. The minimum absolute atomic E-state index is 0.536.